The first-order valence-electron chi connectivity index (χ1n) is 9.33. The SMILES string of the molecule is CN=C(NCCSc1ccc(F)cc1)N1CCN(CC(=O)NC(C)C)CC1.I. The van der Waals surface area contributed by atoms with Gasteiger partial charge in [-0.15, -0.1) is 35.7 Å². The maximum absolute atomic E-state index is 12.9. The summed E-state index contributed by atoms with van der Waals surface area (Å²) in [5.41, 5.74) is 0. The van der Waals surface area contributed by atoms with Gasteiger partial charge in [0.1, 0.15) is 5.82 Å². The standard InChI is InChI=1S/C19H30FN5OS.HI/c1-15(2)23-18(26)14-24-9-11-25(12-10-24)19(21-3)22-8-13-27-17-6-4-16(20)5-7-17;/h4-7,15H,8-14H2,1-3H3,(H,21,22)(H,23,26);1H. The lowest BCUT2D eigenvalue weighted by molar-refractivity contribution is -0.123. The van der Waals surface area contributed by atoms with Crippen LogP contribution in [0.3, 0.4) is 0 Å². The molecule has 1 saturated heterocycles. The molecule has 2 N–H and O–H groups in total. The molecule has 1 aliphatic rings. The Morgan fingerprint density at radius 2 is 1.86 bits per heavy atom. The Balaban J connectivity index is 0.00000392. The minimum absolute atomic E-state index is 0. The van der Waals surface area contributed by atoms with Gasteiger partial charge in [-0.25, -0.2) is 4.39 Å². The number of nitrogens with one attached hydrogen (secondary N) is 2. The minimum Gasteiger partial charge on any atom is -0.355 e. The number of rotatable bonds is 7. The summed E-state index contributed by atoms with van der Waals surface area (Å²) in [6.07, 6.45) is 0. The van der Waals surface area contributed by atoms with Crippen LogP contribution in [0.4, 0.5) is 4.39 Å². The van der Waals surface area contributed by atoms with Gasteiger partial charge in [0.15, 0.2) is 5.96 Å². The third-order valence-corrected chi connectivity index (χ3v) is 5.18. The van der Waals surface area contributed by atoms with E-state index in [-0.39, 0.29) is 41.7 Å². The summed E-state index contributed by atoms with van der Waals surface area (Å²) in [6, 6.07) is 6.73. The highest BCUT2D eigenvalue weighted by Crippen LogP contribution is 2.17. The normalized spacial score (nSPS) is 15.3. The maximum atomic E-state index is 12.9. The molecule has 6 nitrogen and oxygen atoms in total. The van der Waals surface area contributed by atoms with Crippen molar-refractivity contribution in [2.75, 3.05) is 52.1 Å². The van der Waals surface area contributed by atoms with Gasteiger partial charge in [0.25, 0.3) is 0 Å². The smallest absolute Gasteiger partial charge is 0.234 e. The van der Waals surface area contributed by atoms with Crippen molar-refractivity contribution in [3.8, 4) is 0 Å². The summed E-state index contributed by atoms with van der Waals surface area (Å²) in [7, 11) is 1.79. The Morgan fingerprint density at radius 3 is 2.43 bits per heavy atom. The number of guanidine groups is 1. The number of thioether (sulfide) groups is 1. The number of nitrogens with zero attached hydrogens (tertiary/aromatic N) is 3. The van der Waals surface area contributed by atoms with Crippen molar-refractivity contribution in [2.45, 2.75) is 24.8 Å². The number of carbonyl (C=O) groups excluding carboxylic acids is 1. The van der Waals surface area contributed by atoms with Crippen molar-refractivity contribution in [1.29, 1.82) is 0 Å². The van der Waals surface area contributed by atoms with Crippen LogP contribution >= 0.6 is 35.7 Å². The zero-order valence-electron chi connectivity index (χ0n) is 16.8. The van der Waals surface area contributed by atoms with Gasteiger partial charge in [0, 0.05) is 56.5 Å². The fraction of sp³-hybridized carbons (Fsp3) is 0.579. The number of hydrogen-bond acceptors (Lipinski definition) is 4. The molecule has 2 rings (SSSR count). The highest BCUT2D eigenvalue weighted by molar-refractivity contribution is 14.0. The fourth-order valence-electron chi connectivity index (χ4n) is 2.88. The van der Waals surface area contributed by atoms with Gasteiger partial charge in [0.05, 0.1) is 6.54 Å². The quantitative estimate of drug-likeness (QED) is 0.189. The average molecular weight is 523 g/mol. The number of piperazine rings is 1. The van der Waals surface area contributed by atoms with Gasteiger partial charge in [-0.2, -0.15) is 0 Å². The lowest BCUT2D eigenvalue weighted by Gasteiger charge is -2.36. The molecule has 0 unspecified atom stereocenters. The summed E-state index contributed by atoms with van der Waals surface area (Å²) < 4.78 is 12.9. The molecule has 1 aromatic carbocycles. The maximum Gasteiger partial charge on any atom is 0.234 e. The number of benzene rings is 1. The third-order valence-electron chi connectivity index (χ3n) is 4.17. The van der Waals surface area contributed by atoms with Gasteiger partial charge in [-0.3, -0.25) is 14.7 Å². The summed E-state index contributed by atoms with van der Waals surface area (Å²) in [5, 5.41) is 6.32. The van der Waals surface area contributed by atoms with E-state index in [0.29, 0.717) is 6.54 Å². The first kappa shape index (κ1) is 25.0. The van der Waals surface area contributed by atoms with Crippen LogP contribution in [0, 0.1) is 5.82 Å². The fourth-order valence-corrected chi connectivity index (χ4v) is 3.65. The van der Waals surface area contributed by atoms with Gasteiger partial charge >= 0.3 is 0 Å². The lowest BCUT2D eigenvalue weighted by atomic mass is 10.3. The first-order valence-corrected chi connectivity index (χ1v) is 10.3. The Bertz CT molecular complexity index is 621. The second-order valence-corrected chi connectivity index (χ2v) is 7.93. The molecule has 0 radical (unpaired) electrons. The molecule has 0 aliphatic carbocycles. The number of amides is 1. The summed E-state index contributed by atoms with van der Waals surface area (Å²) in [4.78, 5) is 21.7. The Labute approximate surface area is 188 Å². The molecule has 158 valence electrons. The molecule has 9 heteroatoms. The number of halogens is 2. The molecule has 0 atom stereocenters. The van der Waals surface area contributed by atoms with E-state index in [1.165, 1.54) is 12.1 Å². The first-order chi connectivity index (χ1) is 13.0. The molecule has 0 saturated carbocycles. The summed E-state index contributed by atoms with van der Waals surface area (Å²) in [6.45, 7) is 8.56. The van der Waals surface area contributed by atoms with Gasteiger partial charge in [0.2, 0.25) is 5.91 Å². The zero-order valence-corrected chi connectivity index (χ0v) is 19.9. The molecule has 28 heavy (non-hydrogen) atoms. The van der Waals surface area contributed by atoms with E-state index >= 15 is 0 Å². The third kappa shape index (κ3) is 8.95. The second-order valence-electron chi connectivity index (χ2n) is 6.76. The zero-order chi connectivity index (χ0) is 19.6. The monoisotopic (exact) mass is 523 g/mol. The van der Waals surface area contributed by atoms with Crippen molar-refractivity contribution in [2.24, 2.45) is 4.99 Å². The molecule has 0 bridgehead atoms. The minimum atomic E-state index is -0.210. The van der Waals surface area contributed by atoms with Crippen molar-refractivity contribution in [1.82, 2.24) is 20.4 Å². The molecule has 0 spiro atoms. The largest absolute Gasteiger partial charge is 0.355 e. The molecule has 1 amide bonds. The van der Waals surface area contributed by atoms with Crippen LogP contribution in [-0.2, 0) is 4.79 Å². The van der Waals surface area contributed by atoms with Crippen LogP contribution in [0.5, 0.6) is 0 Å². The topological polar surface area (TPSA) is 60.0 Å². The molecule has 1 aliphatic heterocycles. The predicted octanol–water partition coefficient (Wildman–Crippen LogP) is 2.25. The molecular weight excluding hydrogens is 492 g/mol. The summed E-state index contributed by atoms with van der Waals surface area (Å²) >= 11 is 1.68. The van der Waals surface area contributed by atoms with Crippen LogP contribution in [0.25, 0.3) is 0 Å². The number of hydrogen-bond donors (Lipinski definition) is 2. The highest BCUT2D eigenvalue weighted by atomic mass is 127. The van der Waals surface area contributed by atoms with Crippen molar-refractivity contribution in [3.63, 3.8) is 0 Å². The molecular formula is C19H31FIN5OS. The van der Waals surface area contributed by atoms with Crippen molar-refractivity contribution >= 4 is 47.6 Å². The second kappa shape index (κ2) is 13.2. The van der Waals surface area contributed by atoms with Gasteiger partial charge in [-0.1, -0.05) is 0 Å². The Morgan fingerprint density at radius 1 is 1.21 bits per heavy atom. The van der Waals surface area contributed by atoms with Crippen molar-refractivity contribution in [3.05, 3.63) is 30.1 Å². The number of carbonyl (C=O) groups is 1. The number of aliphatic imine (C=N–C) groups is 1. The molecule has 1 heterocycles. The van der Waals surface area contributed by atoms with Crippen LogP contribution in [0.1, 0.15) is 13.8 Å². The van der Waals surface area contributed by atoms with E-state index in [4.69, 9.17) is 0 Å². The van der Waals surface area contributed by atoms with E-state index < -0.39 is 0 Å². The van der Waals surface area contributed by atoms with E-state index in [0.717, 1.165) is 49.3 Å². The molecule has 1 fully saturated rings. The lowest BCUT2D eigenvalue weighted by Crippen LogP contribution is -2.54. The highest BCUT2D eigenvalue weighted by Gasteiger charge is 2.21. The molecule has 0 aromatic heterocycles. The van der Waals surface area contributed by atoms with E-state index in [1.807, 2.05) is 13.8 Å². The van der Waals surface area contributed by atoms with E-state index in [1.54, 1.807) is 30.9 Å². The van der Waals surface area contributed by atoms with Crippen LogP contribution in [0.2, 0.25) is 0 Å². The van der Waals surface area contributed by atoms with Crippen LogP contribution in [0.15, 0.2) is 34.2 Å². The Hall–Kier alpha value is -1.07. The Kier molecular flexibility index (Phi) is 11.8. The van der Waals surface area contributed by atoms with Gasteiger partial charge in [-0.05, 0) is 38.1 Å². The van der Waals surface area contributed by atoms with Crippen molar-refractivity contribution < 1.29 is 9.18 Å². The van der Waals surface area contributed by atoms with Gasteiger partial charge < -0.3 is 15.5 Å². The predicted molar refractivity (Wildman–Crippen MR) is 125 cm³/mol. The van der Waals surface area contributed by atoms with E-state index in [2.05, 4.69) is 25.4 Å². The average Bonchev–Trinajstić information content (AvgIpc) is 2.63. The van der Waals surface area contributed by atoms with E-state index in [9.17, 15) is 9.18 Å². The summed E-state index contributed by atoms with van der Waals surface area (Å²) in [5.74, 6) is 1.64. The van der Waals surface area contributed by atoms with Crippen LogP contribution < -0.4 is 10.6 Å². The molecule has 1 aromatic rings. The van der Waals surface area contributed by atoms with Crippen LogP contribution in [-0.4, -0.2) is 79.8 Å².